The van der Waals surface area contributed by atoms with Crippen LogP contribution in [-0.2, 0) is 11.3 Å². The van der Waals surface area contributed by atoms with Gasteiger partial charge in [0.1, 0.15) is 17.4 Å². The van der Waals surface area contributed by atoms with Crippen molar-refractivity contribution < 1.29 is 14.3 Å². The average Bonchev–Trinajstić information content (AvgIpc) is 2.83. The van der Waals surface area contributed by atoms with Crippen molar-refractivity contribution in [1.29, 1.82) is 0 Å². The first-order chi connectivity index (χ1) is 16.3. The number of rotatable bonds is 6. The maximum Gasteiger partial charge on any atom is 0.223 e. The quantitative estimate of drug-likeness (QED) is 0.443. The molecule has 0 saturated carbocycles. The fourth-order valence-electron chi connectivity index (χ4n) is 4.17. The number of aromatic nitrogens is 1. The van der Waals surface area contributed by atoms with Gasteiger partial charge in [0, 0.05) is 36.3 Å². The summed E-state index contributed by atoms with van der Waals surface area (Å²) in [6, 6.07) is 13.6. The summed E-state index contributed by atoms with van der Waals surface area (Å²) in [5.41, 5.74) is 9.82. The zero-order valence-corrected chi connectivity index (χ0v) is 19.4. The van der Waals surface area contributed by atoms with Gasteiger partial charge in [0.15, 0.2) is 0 Å². The Hall–Kier alpha value is -3.65. The van der Waals surface area contributed by atoms with E-state index in [1.807, 2.05) is 13.0 Å². The number of phenols is 1. The van der Waals surface area contributed by atoms with Crippen molar-refractivity contribution in [1.82, 2.24) is 15.6 Å². The van der Waals surface area contributed by atoms with Crippen LogP contribution in [-0.4, -0.2) is 36.1 Å². The standard InChI is InChI=1S/C26H30FN5O2/c1-16-3-7-23(21(27)13-16)32(2)19-5-8-24(33)20(14-19)22-6-4-18(25(28)31-22)15-30-26(34)17-9-11-29-12-10-17/h3-8,13-14,17,29,33H,9-12,15H2,1-2H3,(H2,28,31)(H,30,34). The molecule has 1 aromatic heterocycles. The molecule has 3 aromatic rings. The van der Waals surface area contributed by atoms with Crippen LogP contribution in [0, 0.1) is 18.7 Å². The number of nitrogens with two attached hydrogens (primary N) is 1. The van der Waals surface area contributed by atoms with E-state index in [2.05, 4.69) is 15.6 Å². The summed E-state index contributed by atoms with van der Waals surface area (Å²) in [5, 5.41) is 16.7. The van der Waals surface area contributed by atoms with Gasteiger partial charge in [0.2, 0.25) is 5.91 Å². The van der Waals surface area contributed by atoms with Crippen molar-refractivity contribution >= 4 is 23.1 Å². The van der Waals surface area contributed by atoms with E-state index in [1.165, 1.54) is 6.07 Å². The highest BCUT2D eigenvalue weighted by atomic mass is 19.1. The highest BCUT2D eigenvalue weighted by Crippen LogP contribution is 2.35. The minimum atomic E-state index is -0.324. The molecule has 34 heavy (non-hydrogen) atoms. The number of carbonyl (C=O) groups is 1. The second kappa shape index (κ2) is 10.1. The zero-order valence-electron chi connectivity index (χ0n) is 19.4. The van der Waals surface area contributed by atoms with Gasteiger partial charge in [-0.05, 0) is 74.8 Å². The number of nitrogen functional groups attached to an aromatic ring is 1. The number of hydrogen-bond acceptors (Lipinski definition) is 6. The Morgan fingerprint density at radius 1 is 1.21 bits per heavy atom. The van der Waals surface area contributed by atoms with Crippen molar-refractivity contribution in [2.75, 3.05) is 30.8 Å². The number of pyridine rings is 1. The van der Waals surface area contributed by atoms with Crippen molar-refractivity contribution in [3.05, 3.63) is 65.5 Å². The molecule has 8 heteroatoms. The largest absolute Gasteiger partial charge is 0.507 e. The highest BCUT2D eigenvalue weighted by molar-refractivity contribution is 5.79. The third-order valence-corrected chi connectivity index (χ3v) is 6.28. The van der Waals surface area contributed by atoms with Gasteiger partial charge in [-0.3, -0.25) is 4.79 Å². The lowest BCUT2D eigenvalue weighted by molar-refractivity contribution is -0.125. The number of amides is 1. The second-order valence-corrected chi connectivity index (χ2v) is 8.70. The third kappa shape index (κ3) is 5.12. The molecule has 5 N–H and O–H groups in total. The van der Waals surface area contributed by atoms with Crippen LogP contribution in [0.3, 0.4) is 0 Å². The molecule has 7 nitrogen and oxygen atoms in total. The van der Waals surface area contributed by atoms with Gasteiger partial charge in [0.05, 0.1) is 11.4 Å². The highest BCUT2D eigenvalue weighted by Gasteiger charge is 2.21. The number of aryl methyl sites for hydroxylation is 1. The van der Waals surface area contributed by atoms with Crippen LogP contribution in [0.25, 0.3) is 11.3 Å². The molecule has 1 amide bonds. The Morgan fingerprint density at radius 3 is 2.68 bits per heavy atom. The summed E-state index contributed by atoms with van der Waals surface area (Å²) in [6.07, 6.45) is 1.66. The van der Waals surface area contributed by atoms with E-state index in [1.54, 1.807) is 48.3 Å². The second-order valence-electron chi connectivity index (χ2n) is 8.70. The van der Waals surface area contributed by atoms with Gasteiger partial charge in [-0.1, -0.05) is 12.1 Å². The van der Waals surface area contributed by atoms with E-state index in [0.29, 0.717) is 34.7 Å². The molecule has 0 bridgehead atoms. The molecular formula is C26H30FN5O2. The summed E-state index contributed by atoms with van der Waals surface area (Å²) in [4.78, 5) is 18.6. The third-order valence-electron chi connectivity index (χ3n) is 6.28. The van der Waals surface area contributed by atoms with E-state index >= 15 is 0 Å². The molecule has 1 fully saturated rings. The molecule has 1 saturated heterocycles. The fraction of sp³-hybridized carbons (Fsp3) is 0.308. The number of piperidine rings is 1. The van der Waals surface area contributed by atoms with Crippen LogP contribution in [0.5, 0.6) is 5.75 Å². The number of benzene rings is 2. The van der Waals surface area contributed by atoms with Gasteiger partial charge in [0.25, 0.3) is 0 Å². The minimum absolute atomic E-state index is 0.0183. The van der Waals surface area contributed by atoms with Crippen LogP contribution in [0.15, 0.2) is 48.5 Å². The van der Waals surface area contributed by atoms with E-state index < -0.39 is 0 Å². The number of aromatic hydroxyl groups is 1. The number of nitrogens with zero attached hydrogens (tertiary/aromatic N) is 2. The average molecular weight is 464 g/mol. The maximum absolute atomic E-state index is 14.5. The van der Waals surface area contributed by atoms with Crippen LogP contribution < -0.4 is 21.3 Å². The number of halogens is 1. The lowest BCUT2D eigenvalue weighted by Crippen LogP contribution is -2.38. The van der Waals surface area contributed by atoms with Gasteiger partial charge < -0.3 is 26.4 Å². The molecule has 178 valence electrons. The predicted octanol–water partition coefficient (Wildman–Crippen LogP) is 3.87. The van der Waals surface area contributed by atoms with E-state index in [0.717, 1.165) is 31.5 Å². The summed E-state index contributed by atoms with van der Waals surface area (Å²) in [5.74, 6) is 0.0491. The summed E-state index contributed by atoms with van der Waals surface area (Å²) >= 11 is 0. The Morgan fingerprint density at radius 2 is 1.97 bits per heavy atom. The number of phenolic OH excluding ortho intramolecular Hbond substituents is 1. The first-order valence-corrected chi connectivity index (χ1v) is 11.4. The maximum atomic E-state index is 14.5. The molecule has 2 heterocycles. The molecular weight excluding hydrogens is 433 g/mol. The molecule has 2 aromatic carbocycles. The Balaban J connectivity index is 1.52. The Kier molecular flexibility index (Phi) is 6.98. The molecule has 0 spiro atoms. The monoisotopic (exact) mass is 463 g/mol. The summed E-state index contributed by atoms with van der Waals surface area (Å²) in [7, 11) is 1.76. The molecule has 1 aliphatic rings. The SMILES string of the molecule is Cc1ccc(N(C)c2ccc(O)c(-c3ccc(CNC(=O)C4CCNCC4)c(N)n3)c2)c(F)c1. The van der Waals surface area contributed by atoms with Crippen molar-refractivity contribution in [3.8, 4) is 17.0 Å². The Bertz CT molecular complexity index is 1190. The molecule has 1 aliphatic heterocycles. The van der Waals surface area contributed by atoms with Crippen molar-refractivity contribution in [2.24, 2.45) is 5.92 Å². The fourth-order valence-corrected chi connectivity index (χ4v) is 4.17. The molecule has 0 unspecified atom stereocenters. The van der Waals surface area contributed by atoms with Crippen LogP contribution in [0.1, 0.15) is 24.0 Å². The normalized spacial score (nSPS) is 14.1. The Labute approximate surface area is 198 Å². The van der Waals surface area contributed by atoms with Gasteiger partial charge in [-0.15, -0.1) is 0 Å². The molecule has 0 radical (unpaired) electrons. The van der Waals surface area contributed by atoms with Crippen LogP contribution in [0.4, 0.5) is 21.6 Å². The topological polar surface area (TPSA) is 104 Å². The van der Waals surface area contributed by atoms with Crippen molar-refractivity contribution in [2.45, 2.75) is 26.3 Å². The van der Waals surface area contributed by atoms with Crippen molar-refractivity contribution in [3.63, 3.8) is 0 Å². The van der Waals surface area contributed by atoms with Gasteiger partial charge >= 0.3 is 0 Å². The zero-order chi connectivity index (χ0) is 24.2. The number of hydrogen-bond donors (Lipinski definition) is 4. The summed E-state index contributed by atoms with van der Waals surface area (Å²) < 4.78 is 14.5. The van der Waals surface area contributed by atoms with Gasteiger partial charge in [-0.25, -0.2) is 9.37 Å². The lowest BCUT2D eigenvalue weighted by Gasteiger charge is -2.22. The van der Waals surface area contributed by atoms with Crippen LogP contribution >= 0.6 is 0 Å². The molecule has 0 atom stereocenters. The van der Waals surface area contributed by atoms with Gasteiger partial charge in [-0.2, -0.15) is 0 Å². The van der Waals surface area contributed by atoms with E-state index in [9.17, 15) is 14.3 Å². The minimum Gasteiger partial charge on any atom is -0.507 e. The van der Waals surface area contributed by atoms with E-state index in [4.69, 9.17) is 5.73 Å². The smallest absolute Gasteiger partial charge is 0.223 e. The molecule has 4 rings (SSSR count). The first-order valence-electron chi connectivity index (χ1n) is 11.4. The summed E-state index contributed by atoms with van der Waals surface area (Å²) in [6.45, 7) is 3.84. The molecule has 0 aliphatic carbocycles. The van der Waals surface area contributed by atoms with Crippen LogP contribution in [0.2, 0.25) is 0 Å². The number of carbonyl (C=O) groups excluding carboxylic acids is 1. The first kappa shape index (κ1) is 23.5. The van der Waals surface area contributed by atoms with E-state index in [-0.39, 0.29) is 29.2 Å². The number of anilines is 3. The predicted molar refractivity (Wildman–Crippen MR) is 132 cm³/mol. The number of nitrogens with one attached hydrogen (secondary N) is 2. The lowest BCUT2D eigenvalue weighted by atomic mass is 9.97.